The normalized spacial score (nSPS) is 20.9. The van der Waals surface area contributed by atoms with E-state index in [0.29, 0.717) is 30.7 Å². The Balaban J connectivity index is 1.62. The van der Waals surface area contributed by atoms with Gasteiger partial charge in [0.2, 0.25) is 0 Å². The molecule has 1 saturated heterocycles. The Labute approximate surface area is 233 Å². The third-order valence-corrected chi connectivity index (χ3v) is 8.11. The number of aliphatic hydroxyl groups is 1. The molecule has 2 aliphatic rings. The molecule has 0 spiro atoms. The van der Waals surface area contributed by atoms with Gasteiger partial charge in [0.25, 0.3) is 0 Å². The molecule has 4 rings (SSSR count). The average molecular weight is 539 g/mol. The molecule has 2 aromatic rings. The highest BCUT2D eigenvalue weighted by Crippen LogP contribution is 2.35. The molecule has 2 N–H and O–H groups in total. The van der Waals surface area contributed by atoms with Gasteiger partial charge in [-0.25, -0.2) is 14.8 Å². The number of aliphatic hydroxyl groups excluding tert-OH is 1. The first-order valence-electron chi connectivity index (χ1n) is 14.4. The van der Waals surface area contributed by atoms with Gasteiger partial charge in [0.15, 0.2) is 5.82 Å². The maximum absolute atomic E-state index is 12.7. The highest BCUT2D eigenvalue weighted by atomic mass is 16.5. The number of nitrogens with one attached hydrogen (secondary N) is 1. The van der Waals surface area contributed by atoms with E-state index in [0.717, 1.165) is 29.9 Å². The first-order valence-corrected chi connectivity index (χ1v) is 14.4. The largest absolute Gasteiger partial charge is 0.491 e. The third kappa shape index (κ3) is 7.39. The van der Waals surface area contributed by atoms with Gasteiger partial charge in [0.05, 0.1) is 0 Å². The lowest BCUT2D eigenvalue weighted by Crippen LogP contribution is -2.48. The molecular weight excluding hydrogens is 492 g/mol. The minimum absolute atomic E-state index is 0.0682. The summed E-state index contributed by atoms with van der Waals surface area (Å²) in [4.78, 5) is 28.8. The molecule has 39 heavy (non-hydrogen) atoms. The van der Waals surface area contributed by atoms with Gasteiger partial charge in [0, 0.05) is 69.6 Å². The molecule has 1 aliphatic carbocycles. The van der Waals surface area contributed by atoms with Crippen molar-refractivity contribution in [3.05, 3.63) is 36.0 Å². The number of hydrogen-bond acceptors (Lipinski definition) is 7. The Bertz CT molecular complexity index is 1090. The predicted molar refractivity (Wildman–Crippen MR) is 155 cm³/mol. The Morgan fingerprint density at radius 2 is 1.92 bits per heavy atom. The molecule has 1 aromatic carbocycles. The highest BCUT2D eigenvalue weighted by molar-refractivity contribution is 5.74. The lowest BCUT2D eigenvalue weighted by molar-refractivity contribution is 0.108. The fourth-order valence-corrected chi connectivity index (χ4v) is 5.82. The molecule has 2 heterocycles. The summed E-state index contributed by atoms with van der Waals surface area (Å²) < 4.78 is 5.87. The fourth-order valence-electron chi connectivity index (χ4n) is 5.82. The Morgan fingerprint density at radius 3 is 2.62 bits per heavy atom. The van der Waals surface area contributed by atoms with Gasteiger partial charge in [-0.2, -0.15) is 0 Å². The molecule has 1 aliphatic heterocycles. The fraction of sp³-hybridized carbons (Fsp3) is 0.633. The van der Waals surface area contributed by atoms with Crippen molar-refractivity contribution in [2.24, 2.45) is 0 Å². The van der Waals surface area contributed by atoms with Crippen LogP contribution < -0.4 is 15.0 Å². The highest BCUT2D eigenvalue weighted by Gasteiger charge is 2.32. The second kappa shape index (κ2) is 13.4. The number of carbonyl (C=O) groups is 1. The number of urea groups is 1. The molecule has 0 bridgehead atoms. The van der Waals surface area contributed by atoms with Gasteiger partial charge >= 0.3 is 6.03 Å². The second-order valence-electron chi connectivity index (χ2n) is 11.4. The lowest BCUT2D eigenvalue weighted by Gasteiger charge is -2.39. The molecule has 2 fully saturated rings. The minimum Gasteiger partial charge on any atom is -0.491 e. The molecule has 9 nitrogen and oxygen atoms in total. The van der Waals surface area contributed by atoms with E-state index in [-0.39, 0.29) is 24.6 Å². The monoisotopic (exact) mass is 538 g/mol. The maximum atomic E-state index is 12.7. The summed E-state index contributed by atoms with van der Waals surface area (Å²) in [5, 5.41) is 13.0. The molecule has 9 heteroatoms. The van der Waals surface area contributed by atoms with E-state index < -0.39 is 6.10 Å². The van der Waals surface area contributed by atoms with Crippen molar-refractivity contribution < 1.29 is 14.6 Å². The molecule has 2 unspecified atom stereocenters. The number of ether oxygens (including phenoxy) is 1. The van der Waals surface area contributed by atoms with Gasteiger partial charge < -0.3 is 29.9 Å². The number of nitrogens with zero attached hydrogens (tertiary/aromatic N) is 5. The number of likely N-dealkylation sites (N-methyl/N-ethyl adjacent to an activating group) is 1. The molecule has 3 atom stereocenters. The quantitative estimate of drug-likeness (QED) is 0.496. The number of benzene rings is 1. The summed E-state index contributed by atoms with van der Waals surface area (Å²) in [6.07, 6.45) is 7.36. The first kappa shape index (κ1) is 29.1. The van der Waals surface area contributed by atoms with E-state index in [2.05, 4.69) is 30.3 Å². The molecule has 0 radical (unpaired) electrons. The van der Waals surface area contributed by atoms with Crippen LogP contribution in [0.4, 0.5) is 10.6 Å². The molecule has 2 amide bonds. The number of hydrogen-bond donors (Lipinski definition) is 2. The SMILES string of the molecule is CNCC(O)COc1cccc(-c2nc(C3CCN(C(=O)N(C)C)[C@@H](C)C3)cc(N(C)C3CCCCC3)n2)c1. The summed E-state index contributed by atoms with van der Waals surface area (Å²) in [5.74, 6) is 2.58. The van der Waals surface area contributed by atoms with Crippen LogP contribution in [0.15, 0.2) is 30.3 Å². The third-order valence-electron chi connectivity index (χ3n) is 8.11. The topological polar surface area (TPSA) is 94.1 Å². The number of anilines is 1. The van der Waals surface area contributed by atoms with Gasteiger partial charge in [-0.3, -0.25) is 0 Å². The smallest absolute Gasteiger partial charge is 0.319 e. The van der Waals surface area contributed by atoms with Crippen LogP contribution >= 0.6 is 0 Å². The van der Waals surface area contributed by atoms with Crippen molar-refractivity contribution in [1.82, 2.24) is 25.1 Å². The van der Waals surface area contributed by atoms with Crippen LogP contribution in [0.5, 0.6) is 5.75 Å². The van der Waals surface area contributed by atoms with Crippen LogP contribution in [-0.4, -0.2) is 97.0 Å². The predicted octanol–water partition coefficient (Wildman–Crippen LogP) is 4.12. The maximum Gasteiger partial charge on any atom is 0.319 e. The van der Waals surface area contributed by atoms with Crippen molar-refractivity contribution >= 4 is 11.8 Å². The van der Waals surface area contributed by atoms with Crippen molar-refractivity contribution in [1.29, 1.82) is 0 Å². The van der Waals surface area contributed by atoms with Crippen molar-refractivity contribution in [3.8, 4) is 17.1 Å². The summed E-state index contributed by atoms with van der Waals surface area (Å²) in [6, 6.07) is 10.7. The van der Waals surface area contributed by atoms with E-state index in [1.54, 1.807) is 11.9 Å². The number of aromatic nitrogens is 2. The van der Waals surface area contributed by atoms with E-state index in [1.165, 1.54) is 32.1 Å². The standard InChI is InChI=1S/C30H46N6O3/c1-21-16-22(14-15-36(21)30(38)34(3)4)27-18-28(35(5)24-11-7-6-8-12-24)33-29(32-27)23-10-9-13-26(17-23)39-20-25(37)19-31-2/h9-10,13,17-18,21-22,24-25,31,37H,6-8,11-12,14-16,19-20H2,1-5H3/t21-,22?,25?/m0/s1. The van der Waals surface area contributed by atoms with Crippen molar-refractivity contribution in [3.63, 3.8) is 0 Å². The minimum atomic E-state index is -0.582. The van der Waals surface area contributed by atoms with Crippen LogP contribution in [0.2, 0.25) is 0 Å². The number of likely N-dealkylation sites (tertiary alicyclic amines) is 1. The molecule has 1 aromatic heterocycles. The zero-order valence-electron chi connectivity index (χ0n) is 24.3. The molecular formula is C30H46N6O3. The number of amides is 2. The van der Waals surface area contributed by atoms with Crippen LogP contribution in [0.25, 0.3) is 11.4 Å². The Kier molecular flexibility index (Phi) is 10.0. The zero-order chi connectivity index (χ0) is 27.9. The van der Waals surface area contributed by atoms with E-state index in [4.69, 9.17) is 14.7 Å². The van der Waals surface area contributed by atoms with Gasteiger partial charge in [0.1, 0.15) is 24.3 Å². The summed E-state index contributed by atoms with van der Waals surface area (Å²) in [7, 11) is 7.59. The lowest BCUT2D eigenvalue weighted by atomic mass is 9.88. The van der Waals surface area contributed by atoms with Crippen molar-refractivity contribution in [2.45, 2.75) is 76.0 Å². The number of piperidine rings is 1. The Hall–Kier alpha value is -2.91. The van der Waals surface area contributed by atoms with Crippen LogP contribution in [0, 0.1) is 0 Å². The summed E-state index contributed by atoms with van der Waals surface area (Å²) in [6.45, 7) is 3.53. The van der Waals surface area contributed by atoms with Gasteiger partial charge in [-0.1, -0.05) is 31.4 Å². The number of rotatable bonds is 9. The zero-order valence-corrected chi connectivity index (χ0v) is 24.3. The van der Waals surface area contributed by atoms with Gasteiger partial charge in [-0.15, -0.1) is 0 Å². The van der Waals surface area contributed by atoms with E-state index >= 15 is 0 Å². The van der Waals surface area contributed by atoms with Gasteiger partial charge in [-0.05, 0) is 51.8 Å². The number of carbonyl (C=O) groups excluding carboxylic acids is 1. The second-order valence-corrected chi connectivity index (χ2v) is 11.4. The van der Waals surface area contributed by atoms with Crippen LogP contribution in [0.3, 0.4) is 0 Å². The first-order chi connectivity index (χ1) is 18.8. The average Bonchev–Trinajstić information content (AvgIpc) is 2.95. The summed E-state index contributed by atoms with van der Waals surface area (Å²) in [5.41, 5.74) is 1.93. The summed E-state index contributed by atoms with van der Waals surface area (Å²) >= 11 is 0. The van der Waals surface area contributed by atoms with Crippen LogP contribution in [0.1, 0.15) is 63.5 Å². The molecule has 214 valence electrons. The Morgan fingerprint density at radius 1 is 1.15 bits per heavy atom. The van der Waals surface area contributed by atoms with E-state index in [1.807, 2.05) is 43.3 Å². The van der Waals surface area contributed by atoms with Crippen molar-refractivity contribution in [2.75, 3.05) is 52.8 Å². The molecule has 1 saturated carbocycles. The van der Waals surface area contributed by atoms with E-state index in [9.17, 15) is 9.90 Å². The van der Waals surface area contributed by atoms with Crippen LogP contribution in [-0.2, 0) is 0 Å².